The lowest BCUT2D eigenvalue weighted by Crippen LogP contribution is -0.969. The minimum Gasteiger partial charge on any atom is -0.396 e. The van der Waals surface area contributed by atoms with Crippen molar-refractivity contribution < 1.29 is 4.46 Å². The van der Waals surface area contributed by atoms with E-state index in [9.17, 15) is 0 Å². The second-order valence-electron chi connectivity index (χ2n) is 0. The molecule has 0 saturated heterocycles. The van der Waals surface area contributed by atoms with Crippen molar-refractivity contribution in [1.82, 2.24) is 0 Å². The summed E-state index contributed by atoms with van der Waals surface area (Å²) in [6, 6.07) is 0. The van der Waals surface area contributed by atoms with Crippen LogP contribution in [0.15, 0.2) is 0 Å². The van der Waals surface area contributed by atoms with Crippen LogP contribution in [0.1, 0.15) is 0 Å². The monoisotopic (exact) mass is 190 g/mol. The molecule has 0 rings (SSSR count). The Kier molecular flexibility index (Phi) is 1150. The fraction of sp³-hybridized carbons (Fsp3) is 0. The molecule has 0 saturated carbocycles. The van der Waals surface area contributed by atoms with Crippen molar-refractivity contribution in [2.75, 3.05) is 0 Å². The Labute approximate surface area is 64.4 Å². The Balaban J connectivity index is -0.000000000833. The second kappa shape index (κ2) is 120. The first-order valence-electron chi connectivity index (χ1n) is 0.289. The third-order valence-corrected chi connectivity index (χ3v) is 0. The molecule has 0 heterocycles. The normalized spacial score (nSPS) is 0.667. The molecule has 0 N–H and O–H groups in total. The lowest BCUT2D eigenvalue weighted by Gasteiger charge is -0.852. The van der Waals surface area contributed by atoms with Gasteiger partial charge in [0.1, 0.15) is 0 Å². The predicted octanol–water partition coefficient (Wildman–Crippen LogP) is 0.652. The molecule has 0 aliphatic carbocycles. The molecule has 0 unspecified atom stereocenters. The maximum absolute atomic E-state index is 8.28. The van der Waals surface area contributed by atoms with Crippen LogP contribution in [0.3, 0.4) is 0 Å². The van der Waals surface area contributed by atoms with Gasteiger partial charge < -0.3 is 4.46 Å². The molecule has 0 fully saturated rings. The predicted molar refractivity (Wildman–Crippen MR) is 38.2 cm³/mol. The highest BCUT2D eigenvalue weighted by Gasteiger charge is 0.701. The molecule has 0 amide bonds. The molecule has 0 aliphatic heterocycles. The van der Waals surface area contributed by atoms with E-state index >= 15 is 0 Å². The van der Waals surface area contributed by atoms with Crippen molar-refractivity contribution in [2.45, 2.75) is 0 Å². The van der Waals surface area contributed by atoms with Crippen LogP contribution >= 0.6 is 49.6 Å². The van der Waals surface area contributed by atoms with E-state index in [1.54, 1.807) is 0 Å². The molecule has 0 aromatic heterocycles. The third kappa shape index (κ3) is 65.2. The summed E-state index contributed by atoms with van der Waals surface area (Å²) in [5.74, 6) is 0. The van der Waals surface area contributed by atoms with Gasteiger partial charge in [-0.3, -0.25) is 0 Å². The van der Waals surface area contributed by atoms with E-state index in [-0.39, 0.29) is 49.6 Å². The Bertz CT molecular complexity index is 7.51. The Morgan fingerprint density at radius 3 is 0.667 bits per heavy atom. The van der Waals surface area contributed by atoms with Gasteiger partial charge in [0.2, 0.25) is 10.1 Å². The molecule has 0 radical (unpaired) electrons. The van der Waals surface area contributed by atoms with Crippen molar-refractivity contribution in [3.05, 3.63) is 0 Å². The zero-order chi connectivity index (χ0) is 2.00. The Hall–Kier alpha value is 1.18. The average molecular weight is 192 g/mol. The van der Waals surface area contributed by atoms with Gasteiger partial charge in [-0.2, -0.15) is 0 Å². The summed E-state index contributed by atoms with van der Waals surface area (Å²) in [4.78, 5) is 0. The molecule has 44 valence electrons. The second-order valence-corrected chi connectivity index (χ2v) is 0. The van der Waals surface area contributed by atoms with Gasteiger partial charge in [0.05, 0.1) is 0 Å². The number of halogens is 4. The number of rotatable bonds is 0. The van der Waals surface area contributed by atoms with Gasteiger partial charge in [0.25, 0.3) is 0 Å². The molecule has 6 heteroatoms. The highest BCUT2D eigenvalue weighted by Crippen LogP contribution is 0.693. The van der Waals surface area contributed by atoms with E-state index in [0.29, 0.717) is 10.1 Å². The summed E-state index contributed by atoms with van der Waals surface area (Å²) < 4.78 is 8.28. The zero-order valence-corrected chi connectivity index (χ0v) is 7.43. The van der Waals surface area contributed by atoms with E-state index in [2.05, 4.69) is 0 Å². The minimum atomic E-state index is 0. The number of hydrogen-bond donors (Lipinski definition) is 0. The summed E-state index contributed by atoms with van der Waals surface area (Å²) in [6.07, 6.45) is 0. The Morgan fingerprint density at radius 1 is 0.667 bits per heavy atom. The van der Waals surface area contributed by atoms with Gasteiger partial charge in [-0.15, -0.1) is 49.6 Å². The number of hydrogen-bond acceptors (Lipinski definition) is 1. The Morgan fingerprint density at radius 2 is 0.667 bits per heavy atom. The average Bonchev–Trinajstić information content (AvgIpc) is 1.00. The van der Waals surface area contributed by atoms with Crippen LogP contribution in [0.2, 0.25) is 0 Å². The molecule has 0 atom stereocenters. The van der Waals surface area contributed by atoms with Gasteiger partial charge in [-0.25, -0.2) is 0 Å². The molecule has 0 aromatic rings. The first-order valence-corrected chi connectivity index (χ1v) is 0.866. The minimum absolute atomic E-state index is 0. The van der Waals surface area contributed by atoms with E-state index in [1.165, 1.54) is 0 Å². The third-order valence-electron chi connectivity index (χ3n) is 0. The van der Waals surface area contributed by atoms with E-state index in [4.69, 9.17) is 4.46 Å². The molecule has 0 spiro atoms. The molecule has 0 bridgehead atoms. The van der Waals surface area contributed by atoms with Gasteiger partial charge >= 0.3 is 0 Å². The van der Waals surface area contributed by atoms with Crippen molar-refractivity contribution >= 4 is 59.8 Å². The van der Waals surface area contributed by atoms with Crippen LogP contribution in [0, 0.1) is 0 Å². The van der Waals surface area contributed by atoms with Gasteiger partial charge in [0, 0.05) is 0 Å². The summed E-state index contributed by atoms with van der Waals surface area (Å²) in [7, 11) is 0.611. The van der Waals surface area contributed by atoms with Crippen LogP contribution in [0.4, 0.5) is 0 Å². The highest BCUT2D eigenvalue weighted by atomic mass is 35.5. The van der Waals surface area contributed by atoms with Crippen molar-refractivity contribution in [2.24, 2.45) is 0 Å². The molecular weight excluding hydrogens is 186 g/mol. The van der Waals surface area contributed by atoms with Crippen molar-refractivity contribution in [3.63, 3.8) is 0 Å². The molecular formula is H6Cl4OSi. The summed E-state index contributed by atoms with van der Waals surface area (Å²) >= 11 is 0. The fourth-order valence-corrected chi connectivity index (χ4v) is 0. The standard InChI is InChI=1S/4ClH.H2OSi/c;;;;1-2/h4*1H;2H2. The summed E-state index contributed by atoms with van der Waals surface area (Å²) in [5, 5.41) is 0. The SMILES string of the molecule is Cl.Cl.Cl.Cl.O=[SiH2]. The molecule has 0 aliphatic rings. The van der Waals surface area contributed by atoms with E-state index in [0.717, 1.165) is 0 Å². The van der Waals surface area contributed by atoms with Crippen LogP contribution < -0.4 is 0 Å². The van der Waals surface area contributed by atoms with Gasteiger partial charge in [-0.1, -0.05) is 0 Å². The van der Waals surface area contributed by atoms with Crippen LogP contribution in [-0.4, -0.2) is 10.1 Å². The topological polar surface area (TPSA) is 17.1 Å². The van der Waals surface area contributed by atoms with Crippen molar-refractivity contribution in [1.29, 1.82) is 0 Å². The van der Waals surface area contributed by atoms with Crippen LogP contribution in [-0.2, 0) is 4.46 Å². The molecule has 0 aromatic carbocycles. The van der Waals surface area contributed by atoms with Crippen LogP contribution in [0.25, 0.3) is 0 Å². The molecule has 6 heavy (non-hydrogen) atoms. The highest BCUT2D eigenvalue weighted by molar-refractivity contribution is 5.86. The first-order chi connectivity index (χ1) is 1.00. The maximum atomic E-state index is 8.28. The summed E-state index contributed by atoms with van der Waals surface area (Å²) in [5.41, 5.74) is 0. The van der Waals surface area contributed by atoms with Gasteiger partial charge in [-0.05, 0) is 0 Å². The lowest BCUT2D eigenvalue weighted by atomic mass is 16.0. The maximum Gasteiger partial charge on any atom is 0.245 e. The van der Waals surface area contributed by atoms with E-state index in [1.807, 2.05) is 0 Å². The fourth-order valence-electron chi connectivity index (χ4n) is 0. The van der Waals surface area contributed by atoms with Gasteiger partial charge in [0.15, 0.2) is 0 Å². The quantitative estimate of drug-likeness (QED) is 0.515. The molecule has 1 nitrogen and oxygen atoms in total. The first kappa shape index (κ1) is 57.8. The zero-order valence-electron chi connectivity index (χ0n) is 2.75. The summed E-state index contributed by atoms with van der Waals surface area (Å²) in [6.45, 7) is 0. The smallest absolute Gasteiger partial charge is 0.245 e. The van der Waals surface area contributed by atoms with E-state index < -0.39 is 0 Å². The van der Waals surface area contributed by atoms with Crippen molar-refractivity contribution in [3.8, 4) is 0 Å². The van der Waals surface area contributed by atoms with Crippen LogP contribution in [0.5, 0.6) is 0 Å². The lowest BCUT2D eigenvalue weighted by molar-refractivity contribution is 0.590. The largest absolute Gasteiger partial charge is 0.396 e.